The summed E-state index contributed by atoms with van der Waals surface area (Å²) < 4.78 is 80.6. The lowest BCUT2D eigenvalue weighted by Crippen LogP contribution is -2.48. The van der Waals surface area contributed by atoms with Crippen molar-refractivity contribution in [1.82, 2.24) is 30.1 Å². The van der Waals surface area contributed by atoms with Crippen LogP contribution >= 0.6 is 0 Å². The van der Waals surface area contributed by atoms with Gasteiger partial charge in [0.15, 0.2) is 12.6 Å². The van der Waals surface area contributed by atoms with E-state index in [0.717, 1.165) is 71.2 Å². The van der Waals surface area contributed by atoms with Crippen LogP contribution in [-0.2, 0) is 27.2 Å². The highest BCUT2D eigenvalue weighted by molar-refractivity contribution is 6.02. The molecule has 0 radical (unpaired) electrons. The van der Waals surface area contributed by atoms with E-state index < -0.39 is 46.6 Å². The van der Waals surface area contributed by atoms with Crippen molar-refractivity contribution in [2.45, 2.75) is 102 Å². The summed E-state index contributed by atoms with van der Waals surface area (Å²) in [6, 6.07) is 9.20. The molecular formula is C54H63F4N7O6. The maximum Gasteiger partial charge on any atom is 0.319 e. The highest BCUT2D eigenvalue weighted by Crippen LogP contribution is 2.49. The summed E-state index contributed by atoms with van der Waals surface area (Å²) in [4.78, 5) is 45.0. The molecule has 2 atom stereocenters. The van der Waals surface area contributed by atoms with Crippen molar-refractivity contribution in [1.29, 1.82) is 0 Å². The highest BCUT2D eigenvalue weighted by Gasteiger charge is 2.47. The van der Waals surface area contributed by atoms with Gasteiger partial charge in [0.05, 0.1) is 23.5 Å². The Labute approximate surface area is 411 Å². The number of imide groups is 1. The summed E-state index contributed by atoms with van der Waals surface area (Å²) >= 11 is 0. The number of aliphatic hydroxyl groups is 1. The highest BCUT2D eigenvalue weighted by atomic mass is 19.1. The number of benzene rings is 3. The third-order valence-corrected chi connectivity index (χ3v) is 16.0. The van der Waals surface area contributed by atoms with Gasteiger partial charge in [0, 0.05) is 62.4 Å². The molecule has 3 aromatic carbocycles. The molecule has 1 spiro atoms. The predicted molar refractivity (Wildman–Crippen MR) is 260 cm³/mol. The summed E-state index contributed by atoms with van der Waals surface area (Å²) in [7, 11) is 1.51. The number of carbonyl (C=O) groups is 2. The van der Waals surface area contributed by atoms with Gasteiger partial charge in [-0.1, -0.05) is 13.0 Å². The van der Waals surface area contributed by atoms with Crippen molar-refractivity contribution >= 4 is 39.3 Å². The topological polar surface area (TPSA) is 142 Å². The first-order chi connectivity index (χ1) is 34.1. The molecule has 1 saturated carbocycles. The lowest BCUT2D eigenvalue weighted by Gasteiger charge is -2.47. The molecule has 2 amide bonds. The fourth-order valence-corrected chi connectivity index (χ4v) is 11.7. The lowest BCUT2D eigenvalue weighted by molar-refractivity contribution is -0.134. The molecule has 5 aliphatic rings. The number of amides is 2. The SMILES string of the molecule is CCc1c(F)ccc2cc(OCOC)cc(-c3ncc4c(N5CCC[C@@](C)(O)C5)nc(OCC5(CN6CCC7(CCN(CCc8cc(F)c(C9CCC(=O)NC9=O)c(F)c8)CC7)CC6)CC5)nc4c3F)c12. The van der Waals surface area contributed by atoms with Crippen LogP contribution in [0.15, 0.2) is 42.6 Å². The molecule has 6 heterocycles. The number of β-amino-alcohol motifs (C(OH)–C–C–N with tert-alkyl or cyclic N) is 1. The van der Waals surface area contributed by atoms with Gasteiger partial charge >= 0.3 is 6.01 Å². The zero-order chi connectivity index (χ0) is 49.7. The van der Waals surface area contributed by atoms with Crippen LogP contribution in [0.2, 0.25) is 0 Å². The number of halogens is 4. The standard InChI is InChI=1S/C54H63F4N7O6/c1-4-36-40(55)8-6-34-26-35(71-32-69-3)27-38(44(34)36)47-46(58)48-39(28-59-47)49(65-18-5-11-52(2,68)29-65)62-51(61-48)70-31-54(12-13-54)30-64-22-16-53(17-23-64)14-20-63(21-15-53)19-10-33-24-41(56)45(42(57)25-33)37-7-9-43(66)60-50(37)67/h6,8,24-28,37,68H,4-5,7,9-23,29-32H2,1-3H3,(H,60,66,67)/t37?,52-/m1/s1. The monoisotopic (exact) mass is 981 g/mol. The van der Waals surface area contributed by atoms with Crippen LogP contribution in [0.25, 0.3) is 32.9 Å². The van der Waals surface area contributed by atoms with Crippen molar-refractivity contribution < 1.29 is 46.5 Å². The van der Waals surface area contributed by atoms with Crippen LogP contribution in [0.1, 0.15) is 101 Å². The normalized spacial score (nSPS) is 22.6. The quantitative estimate of drug-likeness (QED) is 0.0591. The Morgan fingerprint density at radius 2 is 1.61 bits per heavy atom. The lowest BCUT2D eigenvalue weighted by atomic mass is 9.71. The molecular weight excluding hydrogens is 919 g/mol. The maximum atomic E-state index is 17.4. The number of aryl methyl sites for hydroxylation is 1. The Kier molecular flexibility index (Phi) is 13.7. The smallest absolute Gasteiger partial charge is 0.319 e. The van der Waals surface area contributed by atoms with Crippen molar-refractivity contribution in [3.8, 4) is 23.0 Å². The molecule has 13 nitrogen and oxygen atoms in total. The number of nitrogens with one attached hydrogen (secondary N) is 1. The molecule has 4 saturated heterocycles. The molecule has 5 aromatic rings. The van der Waals surface area contributed by atoms with Crippen LogP contribution in [0.3, 0.4) is 0 Å². The predicted octanol–water partition coefficient (Wildman–Crippen LogP) is 8.40. The van der Waals surface area contributed by atoms with Gasteiger partial charge in [0.1, 0.15) is 40.2 Å². The average Bonchev–Trinajstić information content (AvgIpc) is 4.12. The van der Waals surface area contributed by atoms with Gasteiger partial charge in [-0.25, -0.2) is 17.6 Å². The number of rotatable bonds is 15. The van der Waals surface area contributed by atoms with E-state index in [2.05, 4.69) is 20.1 Å². The Bertz CT molecular complexity index is 2820. The first kappa shape index (κ1) is 49.1. The summed E-state index contributed by atoms with van der Waals surface area (Å²) in [5.41, 5.74) is 0.278. The van der Waals surface area contributed by atoms with Crippen molar-refractivity contribution in [3.05, 3.63) is 82.6 Å². The minimum absolute atomic E-state index is 0.0110. The van der Waals surface area contributed by atoms with E-state index in [1.165, 1.54) is 25.3 Å². The molecule has 1 aliphatic carbocycles. The average molecular weight is 982 g/mol. The fourth-order valence-electron chi connectivity index (χ4n) is 11.7. The first-order valence-electron chi connectivity index (χ1n) is 25.2. The number of ether oxygens (including phenoxy) is 3. The Morgan fingerprint density at radius 1 is 0.873 bits per heavy atom. The van der Waals surface area contributed by atoms with E-state index in [1.54, 1.807) is 31.3 Å². The number of pyridine rings is 1. The summed E-state index contributed by atoms with van der Waals surface area (Å²) in [6.07, 6.45) is 10.2. The number of hydrogen-bond donors (Lipinski definition) is 2. The largest absolute Gasteiger partial charge is 0.468 e. The second-order valence-electron chi connectivity index (χ2n) is 21.2. The van der Waals surface area contributed by atoms with E-state index in [1.807, 2.05) is 11.8 Å². The molecule has 2 N–H and O–H groups in total. The minimum atomic E-state index is -1.01. The summed E-state index contributed by atoms with van der Waals surface area (Å²) in [6.45, 7) is 10.2. The van der Waals surface area contributed by atoms with Crippen LogP contribution < -0.4 is 19.7 Å². The molecule has 71 heavy (non-hydrogen) atoms. The number of aromatic nitrogens is 3. The Morgan fingerprint density at radius 3 is 2.28 bits per heavy atom. The summed E-state index contributed by atoms with van der Waals surface area (Å²) in [5, 5.41) is 14.9. The van der Waals surface area contributed by atoms with E-state index in [-0.39, 0.29) is 59.8 Å². The Hall–Kier alpha value is -5.49. The fraction of sp³-hybridized carbons (Fsp3) is 0.537. The van der Waals surface area contributed by atoms with Gasteiger partial charge in [-0.3, -0.25) is 19.9 Å². The number of piperidine rings is 4. The molecule has 4 aliphatic heterocycles. The van der Waals surface area contributed by atoms with Crippen molar-refractivity contribution in [2.75, 3.05) is 77.8 Å². The van der Waals surface area contributed by atoms with Crippen molar-refractivity contribution in [3.63, 3.8) is 0 Å². The third-order valence-electron chi connectivity index (χ3n) is 16.0. The summed E-state index contributed by atoms with van der Waals surface area (Å²) in [5.74, 6) is -3.82. The van der Waals surface area contributed by atoms with Crippen molar-refractivity contribution in [2.24, 2.45) is 10.8 Å². The molecule has 5 fully saturated rings. The van der Waals surface area contributed by atoms with Gasteiger partial charge in [0.2, 0.25) is 11.8 Å². The molecule has 10 rings (SSSR count). The van der Waals surface area contributed by atoms with E-state index >= 15 is 17.6 Å². The molecule has 2 aromatic heterocycles. The number of methoxy groups -OCH3 is 1. The number of carbonyl (C=O) groups excluding carboxylic acids is 2. The zero-order valence-electron chi connectivity index (χ0n) is 40.9. The Balaban J connectivity index is 0.806. The van der Waals surface area contributed by atoms with Gasteiger partial charge < -0.3 is 34.0 Å². The first-order valence-corrected chi connectivity index (χ1v) is 25.2. The number of fused-ring (bicyclic) bond motifs is 2. The maximum absolute atomic E-state index is 17.4. The number of hydrogen-bond acceptors (Lipinski definition) is 12. The number of nitrogens with zero attached hydrogens (tertiary/aromatic N) is 6. The van der Waals surface area contributed by atoms with Gasteiger partial charge in [-0.15, -0.1) is 0 Å². The second-order valence-corrected chi connectivity index (χ2v) is 21.2. The van der Waals surface area contributed by atoms with Crippen LogP contribution in [-0.4, -0.2) is 120 Å². The van der Waals surface area contributed by atoms with Gasteiger partial charge in [-0.05, 0) is 161 Å². The van der Waals surface area contributed by atoms with E-state index in [0.29, 0.717) is 89.8 Å². The van der Waals surface area contributed by atoms with E-state index in [4.69, 9.17) is 24.2 Å². The molecule has 0 bridgehead atoms. The van der Waals surface area contributed by atoms with Gasteiger partial charge in [0.25, 0.3) is 0 Å². The van der Waals surface area contributed by atoms with E-state index in [9.17, 15) is 14.7 Å². The number of anilines is 1. The molecule has 378 valence electrons. The minimum Gasteiger partial charge on any atom is -0.468 e. The second kappa shape index (κ2) is 19.8. The molecule has 17 heteroatoms. The zero-order valence-corrected chi connectivity index (χ0v) is 40.9. The molecule has 1 unspecified atom stereocenters. The third kappa shape index (κ3) is 10.3. The van der Waals surface area contributed by atoms with Crippen LogP contribution in [0, 0.1) is 34.1 Å². The van der Waals surface area contributed by atoms with Gasteiger partial charge in [-0.2, -0.15) is 9.97 Å². The van der Waals surface area contributed by atoms with Crippen LogP contribution in [0.4, 0.5) is 23.4 Å². The number of likely N-dealkylation sites (tertiary alicyclic amines) is 2. The van der Waals surface area contributed by atoms with Crippen LogP contribution in [0.5, 0.6) is 11.8 Å².